The Morgan fingerprint density at radius 1 is 1.38 bits per heavy atom. The molecule has 7 nitrogen and oxygen atoms in total. The maximum Gasteiger partial charge on any atom is 0.280 e. The monoisotopic (exact) mass is 318 g/mol. The van der Waals surface area contributed by atoms with Crippen molar-refractivity contribution in [3.63, 3.8) is 0 Å². The molecule has 8 heteroatoms. The van der Waals surface area contributed by atoms with Gasteiger partial charge in [-0.1, -0.05) is 13.3 Å². The fourth-order valence-corrected chi connectivity index (χ4v) is 4.67. The van der Waals surface area contributed by atoms with Crippen molar-refractivity contribution in [2.45, 2.75) is 44.6 Å². The van der Waals surface area contributed by atoms with Gasteiger partial charge in [-0.15, -0.1) is 0 Å². The lowest BCUT2D eigenvalue weighted by atomic mass is 9.75. The third-order valence-electron chi connectivity index (χ3n) is 4.69. The first kappa shape index (κ1) is 16.7. The Labute approximate surface area is 126 Å². The van der Waals surface area contributed by atoms with Crippen molar-refractivity contribution < 1.29 is 13.2 Å². The fraction of sp³-hybridized carbons (Fsp3) is 0.923. The van der Waals surface area contributed by atoms with Crippen LogP contribution in [0.25, 0.3) is 0 Å². The fourth-order valence-electron chi connectivity index (χ4n) is 3.10. The average Bonchev–Trinajstić information content (AvgIpc) is 2.48. The highest BCUT2D eigenvalue weighted by Crippen LogP contribution is 2.34. The van der Waals surface area contributed by atoms with E-state index in [0.717, 1.165) is 19.3 Å². The van der Waals surface area contributed by atoms with Crippen molar-refractivity contribution in [1.29, 1.82) is 5.41 Å². The van der Waals surface area contributed by atoms with Gasteiger partial charge in [-0.2, -0.15) is 17.4 Å². The summed E-state index contributed by atoms with van der Waals surface area (Å²) in [4.78, 5) is 0. The van der Waals surface area contributed by atoms with Crippen LogP contribution in [0.1, 0.15) is 39.0 Å². The number of hydrogen-bond acceptors (Lipinski definition) is 4. The first-order valence-electron chi connectivity index (χ1n) is 7.61. The molecule has 1 aliphatic heterocycles. The van der Waals surface area contributed by atoms with E-state index in [1.54, 1.807) is 0 Å². The third-order valence-corrected chi connectivity index (χ3v) is 6.38. The number of nitrogens with two attached hydrogens (primary N) is 1. The van der Waals surface area contributed by atoms with E-state index >= 15 is 0 Å². The topological polar surface area (TPSA) is 109 Å². The minimum atomic E-state index is -3.63. The van der Waals surface area contributed by atoms with Crippen LogP contribution in [0, 0.1) is 11.3 Å². The minimum absolute atomic E-state index is 0.0751. The van der Waals surface area contributed by atoms with Gasteiger partial charge in [0.1, 0.15) is 5.84 Å². The summed E-state index contributed by atoms with van der Waals surface area (Å²) in [5, 5.41) is 7.86. The molecule has 1 saturated carbocycles. The summed E-state index contributed by atoms with van der Waals surface area (Å²) < 4.78 is 34.3. The van der Waals surface area contributed by atoms with Gasteiger partial charge in [0.15, 0.2) is 0 Å². The van der Waals surface area contributed by atoms with Gasteiger partial charge in [-0.25, -0.2) is 0 Å². The molecule has 0 unspecified atom stereocenters. The molecule has 0 aromatic rings. The highest BCUT2D eigenvalue weighted by molar-refractivity contribution is 7.87. The summed E-state index contributed by atoms with van der Waals surface area (Å²) in [6.07, 6.45) is 4.10. The third kappa shape index (κ3) is 3.74. The first-order valence-corrected chi connectivity index (χ1v) is 9.05. The zero-order chi connectivity index (χ0) is 15.5. The van der Waals surface area contributed by atoms with Gasteiger partial charge in [0.25, 0.3) is 10.2 Å². The molecule has 2 fully saturated rings. The second-order valence-corrected chi connectivity index (χ2v) is 7.64. The number of nitrogens with zero attached hydrogens (tertiary/aromatic N) is 1. The molecule has 0 amide bonds. The minimum Gasteiger partial charge on any atom is -0.386 e. The van der Waals surface area contributed by atoms with Crippen LogP contribution in [0.3, 0.4) is 0 Å². The Morgan fingerprint density at radius 3 is 2.43 bits per heavy atom. The molecule has 0 bridgehead atoms. The second kappa shape index (κ2) is 6.60. The van der Waals surface area contributed by atoms with Gasteiger partial charge in [-0.3, -0.25) is 5.41 Å². The predicted octanol–water partition coefficient (Wildman–Crippen LogP) is 0.428. The van der Waals surface area contributed by atoms with E-state index in [9.17, 15) is 8.42 Å². The standard InChI is InChI=1S/C13H26N4O3S/c1-2-11-3-5-13(6-4-11,12(14)15)16-21(18,19)17-7-9-20-10-8-17/h11,16H,2-10H2,1H3,(H3,14,15). The Bertz CT molecular complexity index is 466. The van der Waals surface area contributed by atoms with Crippen LogP contribution in [0.5, 0.6) is 0 Å². The zero-order valence-electron chi connectivity index (χ0n) is 12.6. The Hall–Kier alpha value is -0.700. The molecule has 0 spiro atoms. The lowest BCUT2D eigenvalue weighted by molar-refractivity contribution is 0.0719. The van der Waals surface area contributed by atoms with Gasteiger partial charge < -0.3 is 10.5 Å². The smallest absolute Gasteiger partial charge is 0.280 e. The molecule has 2 aliphatic rings. The number of ether oxygens (including phenoxy) is 1. The number of morpholine rings is 1. The maximum absolute atomic E-state index is 12.5. The largest absolute Gasteiger partial charge is 0.386 e. The molecule has 4 N–H and O–H groups in total. The van der Waals surface area contributed by atoms with E-state index in [2.05, 4.69) is 11.6 Å². The van der Waals surface area contributed by atoms with Crippen molar-refractivity contribution in [3.8, 4) is 0 Å². The molecular weight excluding hydrogens is 292 g/mol. The van der Waals surface area contributed by atoms with Crippen molar-refractivity contribution in [2.75, 3.05) is 26.3 Å². The summed E-state index contributed by atoms with van der Waals surface area (Å²) in [6.45, 7) is 3.66. The Kier molecular flexibility index (Phi) is 5.24. The molecule has 0 radical (unpaired) electrons. The highest BCUT2D eigenvalue weighted by Gasteiger charge is 2.42. The molecule has 1 aliphatic carbocycles. The van der Waals surface area contributed by atoms with E-state index in [4.69, 9.17) is 15.9 Å². The molecule has 0 aromatic heterocycles. The van der Waals surface area contributed by atoms with E-state index in [-0.39, 0.29) is 5.84 Å². The summed E-state index contributed by atoms with van der Waals surface area (Å²) in [6, 6.07) is 0. The SMILES string of the molecule is CCC1CCC(NS(=O)(=O)N2CCOCC2)(C(=N)N)CC1. The molecule has 1 saturated heterocycles. The second-order valence-electron chi connectivity index (χ2n) is 5.97. The number of amidine groups is 1. The van der Waals surface area contributed by atoms with Gasteiger partial charge in [0.05, 0.1) is 18.8 Å². The lowest BCUT2D eigenvalue weighted by Gasteiger charge is -2.41. The van der Waals surface area contributed by atoms with Crippen LogP contribution in [-0.2, 0) is 14.9 Å². The van der Waals surface area contributed by atoms with E-state index in [0.29, 0.717) is 45.1 Å². The summed E-state index contributed by atoms with van der Waals surface area (Å²) >= 11 is 0. The maximum atomic E-state index is 12.5. The van der Waals surface area contributed by atoms with Crippen LogP contribution in [0.15, 0.2) is 0 Å². The summed E-state index contributed by atoms with van der Waals surface area (Å²) in [7, 11) is -3.63. The number of rotatable bonds is 5. The summed E-state index contributed by atoms with van der Waals surface area (Å²) in [5.74, 6) is 0.527. The number of hydrogen-bond donors (Lipinski definition) is 3. The van der Waals surface area contributed by atoms with E-state index in [1.807, 2.05) is 0 Å². The van der Waals surface area contributed by atoms with Crippen LogP contribution in [-0.4, -0.2) is 50.4 Å². The molecule has 0 atom stereocenters. The lowest BCUT2D eigenvalue weighted by Crippen LogP contribution is -2.62. The van der Waals surface area contributed by atoms with Gasteiger partial charge >= 0.3 is 0 Å². The normalized spacial score (nSPS) is 32.0. The van der Waals surface area contributed by atoms with E-state index < -0.39 is 15.7 Å². The molecule has 0 aromatic carbocycles. The van der Waals surface area contributed by atoms with Gasteiger partial charge in [0, 0.05) is 13.1 Å². The summed E-state index contributed by atoms with van der Waals surface area (Å²) in [5.41, 5.74) is 4.83. The first-order chi connectivity index (χ1) is 9.89. The van der Waals surface area contributed by atoms with Crippen molar-refractivity contribution >= 4 is 16.0 Å². The average molecular weight is 318 g/mol. The molecule has 2 rings (SSSR count). The van der Waals surface area contributed by atoms with Crippen molar-refractivity contribution in [1.82, 2.24) is 9.03 Å². The van der Waals surface area contributed by atoms with Gasteiger partial charge in [-0.05, 0) is 31.6 Å². The molecule has 122 valence electrons. The number of nitrogens with one attached hydrogen (secondary N) is 2. The molecule has 21 heavy (non-hydrogen) atoms. The molecule has 1 heterocycles. The van der Waals surface area contributed by atoms with E-state index in [1.165, 1.54) is 4.31 Å². The van der Waals surface area contributed by atoms with Crippen LogP contribution in [0.4, 0.5) is 0 Å². The quantitative estimate of drug-likeness (QED) is 0.504. The van der Waals surface area contributed by atoms with Crippen LogP contribution < -0.4 is 10.5 Å². The molecular formula is C13H26N4O3S. The van der Waals surface area contributed by atoms with Crippen molar-refractivity contribution in [3.05, 3.63) is 0 Å². The van der Waals surface area contributed by atoms with Crippen LogP contribution in [0.2, 0.25) is 0 Å². The predicted molar refractivity (Wildman–Crippen MR) is 81.3 cm³/mol. The van der Waals surface area contributed by atoms with Crippen LogP contribution >= 0.6 is 0 Å². The van der Waals surface area contributed by atoms with Gasteiger partial charge in [0.2, 0.25) is 0 Å². The Morgan fingerprint density at radius 2 is 1.95 bits per heavy atom. The van der Waals surface area contributed by atoms with Crippen molar-refractivity contribution in [2.24, 2.45) is 11.7 Å². The highest BCUT2D eigenvalue weighted by atomic mass is 32.2. The zero-order valence-corrected chi connectivity index (χ0v) is 13.4. The Balaban J connectivity index is 2.11.